The number of hydrogen-bond donors (Lipinski definition) is 1. The Hall–Kier alpha value is -1.63. The third kappa shape index (κ3) is 2.50. The molecule has 3 rings (SSSR count). The van der Waals surface area contributed by atoms with Gasteiger partial charge in [-0.2, -0.15) is 0 Å². The molecule has 0 atom stereocenters. The Labute approximate surface area is 134 Å². The molecule has 0 radical (unpaired) electrons. The molecule has 0 fully saturated rings. The predicted octanol–water partition coefficient (Wildman–Crippen LogP) is 3.83. The van der Waals surface area contributed by atoms with Crippen LogP contribution in [0.4, 0.5) is 0 Å². The van der Waals surface area contributed by atoms with Crippen LogP contribution >= 0.6 is 35.2 Å². The number of H-pyrrole nitrogens is 1. The van der Waals surface area contributed by atoms with E-state index in [9.17, 15) is 4.79 Å². The highest BCUT2D eigenvalue weighted by Crippen LogP contribution is 2.27. The number of nitrogens with zero attached hydrogens (tertiary/aromatic N) is 1. The first kappa shape index (κ1) is 14.3. The molecule has 0 amide bonds. The Balaban J connectivity index is 2.19. The molecular formula is C14H11ClN2O2S2. The second-order valence-corrected chi connectivity index (χ2v) is 6.12. The highest BCUT2D eigenvalue weighted by molar-refractivity contribution is 7.71. The van der Waals surface area contributed by atoms with Crippen molar-refractivity contribution in [2.45, 2.75) is 6.54 Å². The summed E-state index contributed by atoms with van der Waals surface area (Å²) < 4.78 is 7.17. The fraction of sp³-hybridized carbons (Fsp3) is 0.143. The van der Waals surface area contributed by atoms with E-state index in [1.54, 1.807) is 25.3 Å². The summed E-state index contributed by atoms with van der Waals surface area (Å²) in [6.07, 6.45) is 0. The van der Waals surface area contributed by atoms with Crippen LogP contribution < -0.4 is 10.3 Å². The van der Waals surface area contributed by atoms with E-state index in [0.717, 1.165) is 10.4 Å². The first-order valence-electron chi connectivity index (χ1n) is 6.13. The van der Waals surface area contributed by atoms with Gasteiger partial charge in [0.1, 0.15) is 10.6 Å². The number of rotatable bonds is 3. The highest BCUT2D eigenvalue weighted by atomic mass is 35.5. The molecule has 4 nitrogen and oxygen atoms in total. The molecule has 0 unspecified atom stereocenters. The Morgan fingerprint density at radius 3 is 3.00 bits per heavy atom. The average molecular weight is 339 g/mol. The lowest BCUT2D eigenvalue weighted by molar-refractivity contribution is 0.408. The van der Waals surface area contributed by atoms with Gasteiger partial charge >= 0.3 is 0 Å². The van der Waals surface area contributed by atoms with Crippen LogP contribution in [0, 0.1) is 4.77 Å². The van der Waals surface area contributed by atoms with Gasteiger partial charge in [0, 0.05) is 10.6 Å². The van der Waals surface area contributed by atoms with E-state index in [4.69, 9.17) is 28.6 Å². The van der Waals surface area contributed by atoms with Gasteiger partial charge in [0.15, 0.2) is 4.77 Å². The van der Waals surface area contributed by atoms with Crippen molar-refractivity contribution in [1.82, 2.24) is 9.55 Å². The van der Waals surface area contributed by atoms with Crippen LogP contribution in [-0.4, -0.2) is 16.7 Å². The maximum atomic E-state index is 12.5. The summed E-state index contributed by atoms with van der Waals surface area (Å²) in [6.45, 7) is 0.267. The van der Waals surface area contributed by atoms with E-state index in [0.29, 0.717) is 20.9 Å². The maximum absolute atomic E-state index is 12.5. The summed E-state index contributed by atoms with van der Waals surface area (Å²) in [5.74, 6) is 0.634. The van der Waals surface area contributed by atoms with E-state index in [1.165, 1.54) is 15.9 Å². The minimum atomic E-state index is -0.128. The first-order valence-corrected chi connectivity index (χ1v) is 7.80. The molecule has 0 saturated heterocycles. The Bertz CT molecular complexity index is 927. The molecule has 3 aromatic rings. The Morgan fingerprint density at radius 2 is 2.24 bits per heavy atom. The highest BCUT2D eigenvalue weighted by Gasteiger charge is 2.12. The van der Waals surface area contributed by atoms with Crippen LogP contribution in [0.3, 0.4) is 0 Å². The number of fused-ring (bicyclic) bond motifs is 1. The largest absolute Gasteiger partial charge is 0.496 e. The second kappa shape index (κ2) is 5.63. The van der Waals surface area contributed by atoms with Gasteiger partial charge in [-0.25, -0.2) is 0 Å². The zero-order valence-electron chi connectivity index (χ0n) is 11.1. The van der Waals surface area contributed by atoms with E-state index in [-0.39, 0.29) is 12.1 Å². The van der Waals surface area contributed by atoms with Crippen molar-refractivity contribution in [3.05, 3.63) is 55.4 Å². The van der Waals surface area contributed by atoms with Gasteiger partial charge < -0.3 is 9.72 Å². The lowest BCUT2D eigenvalue weighted by atomic mass is 10.2. The molecule has 0 saturated carbocycles. The monoisotopic (exact) mass is 338 g/mol. The maximum Gasteiger partial charge on any atom is 0.263 e. The van der Waals surface area contributed by atoms with Crippen LogP contribution in [0.25, 0.3) is 10.2 Å². The molecule has 108 valence electrons. The van der Waals surface area contributed by atoms with Crippen molar-refractivity contribution < 1.29 is 4.74 Å². The van der Waals surface area contributed by atoms with Crippen molar-refractivity contribution in [3.63, 3.8) is 0 Å². The summed E-state index contributed by atoms with van der Waals surface area (Å²) in [4.78, 5) is 16.4. The van der Waals surface area contributed by atoms with Crippen LogP contribution in [0.1, 0.15) is 5.56 Å². The minimum absolute atomic E-state index is 0.128. The van der Waals surface area contributed by atoms with E-state index in [2.05, 4.69) is 4.98 Å². The van der Waals surface area contributed by atoms with Crippen molar-refractivity contribution in [3.8, 4) is 5.75 Å². The van der Waals surface area contributed by atoms with Crippen molar-refractivity contribution >= 4 is 45.4 Å². The zero-order chi connectivity index (χ0) is 15.0. The Kier molecular flexibility index (Phi) is 3.84. The van der Waals surface area contributed by atoms with Gasteiger partial charge in [0.05, 0.1) is 19.0 Å². The number of halogens is 1. The average Bonchev–Trinajstić information content (AvgIpc) is 2.93. The fourth-order valence-corrected chi connectivity index (χ4v) is 3.48. The quantitative estimate of drug-likeness (QED) is 0.738. The molecule has 2 aromatic heterocycles. The Morgan fingerprint density at radius 1 is 1.43 bits per heavy atom. The topological polar surface area (TPSA) is 47.0 Å². The van der Waals surface area contributed by atoms with Gasteiger partial charge in [0.25, 0.3) is 5.56 Å². The predicted molar refractivity (Wildman–Crippen MR) is 88.4 cm³/mol. The fourth-order valence-electron chi connectivity index (χ4n) is 2.16. The van der Waals surface area contributed by atoms with Crippen LogP contribution in [0.2, 0.25) is 5.02 Å². The molecular weight excluding hydrogens is 328 g/mol. The molecule has 2 heterocycles. The molecule has 0 aliphatic carbocycles. The molecule has 1 aromatic carbocycles. The number of benzene rings is 1. The number of aromatic nitrogens is 2. The second-order valence-electron chi connectivity index (χ2n) is 4.41. The number of hydrogen-bond acceptors (Lipinski definition) is 4. The lowest BCUT2D eigenvalue weighted by Crippen LogP contribution is -2.22. The number of thiophene rings is 1. The van der Waals surface area contributed by atoms with E-state index in [1.807, 2.05) is 11.4 Å². The lowest BCUT2D eigenvalue weighted by Gasteiger charge is -2.12. The van der Waals surface area contributed by atoms with Crippen molar-refractivity contribution in [2.75, 3.05) is 7.11 Å². The standard InChI is InChI=1S/C14H11ClN2O2S2/c1-19-11-4-2-3-10(15)9(11)7-17-13(18)8-5-6-21-12(8)16-14(17)20/h2-6H,7H2,1H3,(H,16,20). The van der Waals surface area contributed by atoms with Gasteiger partial charge in [-0.05, 0) is 35.8 Å². The third-order valence-electron chi connectivity index (χ3n) is 3.22. The molecule has 1 N–H and O–H groups in total. The third-order valence-corrected chi connectivity index (χ3v) is 4.72. The SMILES string of the molecule is COc1cccc(Cl)c1Cn1c(=S)[nH]c2sccc2c1=O. The van der Waals surface area contributed by atoms with E-state index >= 15 is 0 Å². The van der Waals surface area contributed by atoms with Crippen molar-refractivity contribution in [1.29, 1.82) is 0 Å². The summed E-state index contributed by atoms with van der Waals surface area (Å²) in [5, 5.41) is 3.03. The molecule has 0 bridgehead atoms. The van der Waals surface area contributed by atoms with Gasteiger partial charge in [-0.3, -0.25) is 9.36 Å². The van der Waals surface area contributed by atoms with Gasteiger partial charge in [-0.1, -0.05) is 17.7 Å². The van der Waals surface area contributed by atoms with E-state index < -0.39 is 0 Å². The molecule has 21 heavy (non-hydrogen) atoms. The molecule has 0 spiro atoms. The molecule has 0 aliphatic rings. The summed E-state index contributed by atoms with van der Waals surface area (Å²) in [6, 6.07) is 7.16. The van der Waals surface area contributed by atoms with Gasteiger partial charge in [0.2, 0.25) is 0 Å². The molecule has 7 heteroatoms. The van der Waals surface area contributed by atoms with Gasteiger partial charge in [-0.15, -0.1) is 11.3 Å². The summed E-state index contributed by atoms with van der Waals surface area (Å²) in [7, 11) is 1.57. The number of nitrogens with one attached hydrogen (secondary N) is 1. The summed E-state index contributed by atoms with van der Waals surface area (Å²) >= 11 is 13.0. The van der Waals surface area contributed by atoms with Crippen LogP contribution in [0.5, 0.6) is 5.75 Å². The minimum Gasteiger partial charge on any atom is -0.496 e. The van der Waals surface area contributed by atoms with Crippen LogP contribution in [0.15, 0.2) is 34.4 Å². The number of ether oxygens (including phenoxy) is 1. The smallest absolute Gasteiger partial charge is 0.263 e. The zero-order valence-corrected chi connectivity index (χ0v) is 13.4. The summed E-state index contributed by atoms with van der Waals surface area (Å²) in [5.41, 5.74) is 0.606. The number of aromatic amines is 1. The van der Waals surface area contributed by atoms with Crippen molar-refractivity contribution in [2.24, 2.45) is 0 Å². The number of methoxy groups -OCH3 is 1. The molecule has 0 aliphatic heterocycles. The first-order chi connectivity index (χ1) is 10.1. The normalized spacial score (nSPS) is 11.0. The van der Waals surface area contributed by atoms with Crippen LogP contribution in [-0.2, 0) is 6.54 Å².